The lowest BCUT2D eigenvalue weighted by atomic mass is 10.2. The van der Waals surface area contributed by atoms with Crippen molar-refractivity contribution >= 4 is 28.4 Å². The highest BCUT2D eigenvalue weighted by atomic mass is 35.5. The van der Waals surface area contributed by atoms with Crippen LogP contribution in [0.5, 0.6) is 5.75 Å². The summed E-state index contributed by atoms with van der Waals surface area (Å²) in [6.07, 6.45) is 3.81. The molecular weight excluding hydrogens is 348 g/mol. The van der Waals surface area contributed by atoms with Crippen molar-refractivity contribution in [3.63, 3.8) is 0 Å². The molecule has 0 N–H and O–H groups in total. The van der Waals surface area contributed by atoms with Crippen LogP contribution < -0.4 is 4.74 Å². The van der Waals surface area contributed by atoms with Crippen LogP contribution in [0, 0.1) is 0 Å². The Balaban J connectivity index is 1.48. The van der Waals surface area contributed by atoms with Crippen LogP contribution >= 0.6 is 11.6 Å². The van der Waals surface area contributed by atoms with E-state index in [4.69, 9.17) is 16.3 Å². The summed E-state index contributed by atoms with van der Waals surface area (Å²) in [4.78, 5) is 19.0. The summed E-state index contributed by atoms with van der Waals surface area (Å²) < 4.78 is 5.82. The molecule has 1 heterocycles. The maximum Gasteiger partial charge on any atom is 0.261 e. The average molecular weight is 367 g/mol. The number of hydrogen-bond donors (Lipinski definition) is 0. The van der Waals surface area contributed by atoms with E-state index in [2.05, 4.69) is 4.98 Å². The highest BCUT2D eigenvalue weighted by Crippen LogP contribution is 2.31. The summed E-state index contributed by atoms with van der Waals surface area (Å²) in [5.41, 5.74) is 1.81. The number of rotatable bonds is 6. The molecule has 1 aliphatic rings. The van der Waals surface area contributed by atoms with Crippen molar-refractivity contribution in [2.45, 2.75) is 25.4 Å². The average Bonchev–Trinajstić information content (AvgIpc) is 3.51. The Hall–Kier alpha value is -2.59. The van der Waals surface area contributed by atoms with Gasteiger partial charge in [-0.25, -0.2) is 0 Å². The van der Waals surface area contributed by atoms with E-state index < -0.39 is 0 Å². The van der Waals surface area contributed by atoms with Crippen LogP contribution in [0.15, 0.2) is 60.8 Å². The third-order valence-electron chi connectivity index (χ3n) is 4.53. The summed E-state index contributed by atoms with van der Waals surface area (Å²) in [7, 11) is 0. The van der Waals surface area contributed by atoms with Crippen LogP contribution in [0.2, 0.25) is 5.02 Å². The molecule has 0 radical (unpaired) electrons. The normalized spacial score (nSPS) is 13.6. The van der Waals surface area contributed by atoms with Crippen LogP contribution in [0.1, 0.15) is 18.4 Å². The van der Waals surface area contributed by atoms with Crippen molar-refractivity contribution in [2.75, 3.05) is 6.61 Å². The van der Waals surface area contributed by atoms with Crippen molar-refractivity contribution < 1.29 is 9.53 Å². The van der Waals surface area contributed by atoms with Crippen molar-refractivity contribution in [3.8, 4) is 5.75 Å². The number of hydrogen-bond acceptors (Lipinski definition) is 3. The lowest BCUT2D eigenvalue weighted by Crippen LogP contribution is -2.36. The number of aromatic nitrogens is 1. The highest BCUT2D eigenvalue weighted by Gasteiger charge is 2.32. The molecule has 5 heteroatoms. The number of benzene rings is 2. The topological polar surface area (TPSA) is 42.4 Å². The zero-order valence-electron chi connectivity index (χ0n) is 14.3. The zero-order valence-corrected chi connectivity index (χ0v) is 15.0. The molecule has 4 nitrogen and oxygen atoms in total. The molecule has 4 rings (SSSR count). The molecule has 0 aliphatic heterocycles. The number of halogens is 1. The number of carbonyl (C=O) groups excluding carboxylic acids is 1. The number of amides is 1. The lowest BCUT2D eigenvalue weighted by Gasteiger charge is -2.23. The Morgan fingerprint density at radius 1 is 1.12 bits per heavy atom. The zero-order chi connectivity index (χ0) is 17.9. The van der Waals surface area contributed by atoms with Crippen molar-refractivity contribution in [1.82, 2.24) is 9.88 Å². The lowest BCUT2D eigenvalue weighted by molar-refractivity contribution is -0.134. The van der Waals surface area contributed by atoms with Crippen LogP contribution in [0.25, 0.3) is 10.9 Å². The van der Waals surface area contributed by atoms with Crippen molar-refractivity contribution in [2.24, 2.45) is 0 Å². The van der Waals surface area contributed by atoms with Gasteiger partial charge in [0.2, 0.25) is 0 Å². The van der Waals surface area contributed by atoms with Crippen LogP contribution in [0.3, 0.4) is 0 Å². The van der Waals surface area contributed by atoms with Gasteiger partial charge in [0.1, 0.15) is 11.3 Å². The first kappa shape index (κ1) is 16.9. The molecule has 26 heavy (non-hydrogen) atoms. The number of carbonyl (C=O) groups is 1. The van der Waals surface area contributed by atoms with Gasteiger partial charge in [0.25, 0.3) is 5.91 Å². The smallest absolute Gasteiger partial charge is 0.261 e. The molecule has 0 spiro atoms. The first-order valence-electron chi connectivity index (χ1n) is 8.72. The van der Waals surface area contributed by atoms with Crippen molar-refractivity contribution in [1.29, 1.82) is 0 Å². The number of pyridine rings is 1. The molecule has 0 atom stereocenters. The summed E-state index contributed by atoms with van der Waals surface area (Å²) in [6, 6.07) is 17.6. The molecule has 1 aliphatic carbocycles. The van der Waals surface area contributed by atoms with E-state index in [1.807, 2.05) is 47.4 Å². The SMILES string of the molecule is O=C(COc1ccc(Cl)c2cccnc12)N(Cc1ccccc1)C1CC1. The van der Waals surface area contributed by atoms with E-state index in [-0.39, 0.29) is 12.5 Å². The molecule has 0 unspecified atom stereocenters. The summed E-state index contributed by atoms with van der Waals surface area (Å²) in [6.45, 7) is 0.615. The Bertz CT molecular complexity index is 926. The van der Waals surface area contributed by atoms with Crippen molar-refractivity contribution in [3.05, 3.63) is 71.4 Å². The summed E-state index contributed by atoms with van der Waals surface area (Å²) in [5.74, 6) is 0.573. The van der Waals surface area contributed by atoms with Crippen LogP contribution in [-0.4, -0.2) is 28.4 Å². The van der Waals surface area contributed by atoms with Gasteiger partial charge in [-0.05, 0) is 42.7 Å². The second-order valence-corrected chi connectivity index (χ2v) is 6.88. The van der Waals surface area contributed by atoms with Crippen LogP contribution in [-0.2, 0) is 11.3 Å². The second kappa shape index (κ2) is 7.34. The van der Waals surface area contributed by atoms with Gasteiger partial charge in [-0.2, -0.15) is 0 Å². The van der Waals surface area contributed by atoms with E-state index in [0.29, 0.717) is 28.9 Å². The van der Waals surface area contributed by atoms with Gasteiger partial charge >= 0.3 is 0 Å². The largest absolute Gasteiger partial charge is 0.481 e. The molecule has 1 saturated carbocycles. The fourth-order valence-electron chi connectivity index (χ4n) is 3.04. The standard InChI is InChI=1S/C21H19ClN2O2/c22-18-10-11-19(21-17(18)7-4-12-23-21)26-14-20(25)24(16-8-9-16)13-15-5-2-1-3-6-15/h1-7,10-12,16H,8-9,13-14H2. The van der Waals surface area contributed by atoms with Gasteiger partial charge in [0.15, 0.2) is 6.61 Å². The number of nitrogens with zero attached hydrogens (tertiary/aromatic N) is 2. The third-order valence-corrected chi connectivity index (χ3v) is 4.86. The maximum atomic E-state index is 12.8. The first-order chi connectivity index (χ1) is 12.7. The van der Waals surface area contributed by atoms with E-state index in [1.165, 1.54) is 0 Å². The van der Waals surface area contributed by atoms with Gasteiger partial charge < -0.3 is 9.64 Å². The van der Waals surface area contributed by atoms with Gasteiger partial charge in [0, 0.05) is 24.2 Å². The Morgan fingerprint density at radius 3 is 2.69 bits per heavy atom. The predicted molar refractivity (Wildman–Crippen MR) is 102 cm³/mol. The number of fused-ring (bicyclic) bond motifs is 1. The summed E-state index contributed by atoms with van der Waals surface area (Å²) in [5, 5.41) is 1.44. The molecule has 0 saturated heterocycles. The minimum absolute atomic E-state index is 0.00333. The fourth-order valence-corrected chi connectivity index (χ4v) is 3.25. The molecular formula is C21H19ClN2O2. The number of ether oxygens (including phenoxy) is 1. The minimum Gasteiger partial charge on any atom is -0.481 e. The maximum absolute atomic E-state index is 12.8. The van der Waals surface area contributed by atoms with E-state index in [1.54, 1.807) is 18.3 Å². The quantitative estimate of drug-likeness (QED) is 0.647. The predicted octanol–water partition coefficient (Wildman–Crippen LogP) is 4.46. The van der Waals surface area contributed by atoms with Gasteiger partial charge in [-0.15, -0.1) is 0 Å². The Morgan fingerprint density at radius 2 is 1.92 bits per heavy atom. The fraction of sp³-hybridized carbons (Fsp3) is 0.238. The molecule has 1 aromatic heterocycles. The third kappa shape index (κ3) is 3.65. The molecule has 1 amide bonds. The van der Waals surface area contributed by atoms with E-state index in [9.17, 15) is 4.79 Å². The van der Waals surface area contributed by atoms with E-state index >= 15 is 0 Å². The molecule has 3 aromatic rings. The molecule has 0 bridgehead atoms. The molecule has 2 aromatic carbocycles. The second-order valence-electron chi connectivity index (χ2n) is 6.47. The molecule has 132 valence electrons. The van der Waals surface area contributed by atoms with Gasteiger partial charge in [0.05, 0.1) is 5.02 Å². The van der Waals surface area contributed by atoms with E-state index in [0.717, 1.165) is 23.8 Å². The van der Waals surface area contributed by atoms with Gasteiger partial charge in [-0.1, -0.05) is 41.9 Å². The highest BCUT2D eigenvalue weighted by molar-refractivity contribution is 6.35. The van der Waals surface area contributed by atoms with Gasteiger partial charge in [-0.3, -0.25) is 9.78 Å². The summed E-state index contributed by atoms with van der Waals surface area (Å²) >= 11 is 6.21. The molecule has 1 fully saturated rings. The first-order valence-corrected chi connectivity index (χ1v) is 9.09. The Labute approximate surface area is 157 Å². The monoisotopic (exact) mass is 366 g/mol. The Kier molecular flexibility index (Phi) is 4.76. The van der Waals surface area contributed by atoms with Crippen LogP contribution in [0.4, 0.5) is 0 Å². The minimum atomic E-state index is -0.00427.